The zero-order chi connectivity index (χ0) is 9.90. The van der Waals surface area contributed by atoms with Gasteiger partial charge in [-0.05, 0) is 26.5 Å². The van der Waals surface area contributed by atoms with Crippen LogP contribution in [0.3, 0.4) is 0 Å². The van der Waals surface area contributed by atoms with Gasteiger partial charge in [0.1, 0.15) is 5.41 Å². The third kappa shape index (κ3) is 1.48. The Kier molecular flexibility index (Phi) is 2.80. The molecule has 1 N–H and O–H groups in total. The minimum absolute atomic E-state index is 0.196. The molecule has 2 amide bonds. The molecule has 13 heavy (non-hydrogen) atoms. The van der Waals surface area contributed by atoms with Crippen LogP contribution in [0.25, 0.3) is 0 Å². The Morgan fingerprint density at radius 2 is 2.15 bits per heavy atom. The Balaban J connectivity index is 2.75. The van der Waals surface area contributed by atoms with Crippen molar-refractivity contribution in [3.8, 4) is 0 Å². The van der Waals surface area contributed by atoms with E-state index in [0.29, 0.717) is 19.4 Å². The quantitative estimate of drug-likeness (QED) is 0.511. The Hall–Kier alpha value is -1.19. The van der Waals surface area contributed by atoms with E-state index in [1.54, 1.807) is 0 Å². The van der Waals surface area contributed by atoms with Crippen LogP contribution in [0, 0.1) is 5.41 Å². The predicted octanol–water partition coefficient (Wildman–Crippen LogP) is 0.520. The summed E-state index contributed by atoms with van der Waals surface area (Å²) in [5.74, 6) is -0.580. The second kappa shape index (κ2) is 3.68. The van der Waals surface area contributed by atoms with Crippen LogP contribution in [0.1, 0.15) is 26.2 Å². The maximum absolute atomic E-state index is 11.5. The lowest BCUT2D eigenvalue weighted by Crippen LogP contribution is -2.50. The molecule has 1 rings (SSSR count). The average molecular weight is 182 g/mol. The first-order chi connectivity index (χ1) is 6.17. The zero-order valence-corrected chi connectivity index (χ0v) is 7.80. The minimum Gasteiger partial charge on any atom is -0.355 e. The third-order valence-electron chi connectivity index (χ3n) is 2.53. The van der Waals surface area contributed by atoms with Gasteiger partial charge < -0.3 is 5.32 Å². The predicted molar refractivity (Wildman–Crippen MR) is 49.5 cm³/mol. The summed E-state index contributed by atoms with van der Waals surface area (Å²) >= 11 is 0. The lowest BCUT2D eigenvalue weighted by molar-refractivity contribution is -0.147. The summed E-state index contributed by atoms with van der Waals surface area (Å²) < 4.78 is 0. The van der Waals surface area contributed by atoms with E-state index < -0.39 is 5.41 Å². The lowest BCUT2D eigenvalue weighted by atomic mass is 9.67. The van der Waals surface area contributed by atoms with Crippen LogP contribution in [0.2, 0.25) is 0 Å². The van der Waals surface area contributed by atoms with Gasteiger partial charge in [-0.25, -0.2) is 4.99 Å². The van der Waals surface area contributed by atoms with Crippen LogP contribution in [0.4, 0.5) is 0 Å². The largest absolute Gasteiger partial charge is 0.355 e. The lowest BCUT2D eigenvalue weighted by Gasteiger charge is -2.36. The van der Waals surface area contributed by atoms with Gasteiger partial charge in [0.2, 0.25) is 5.91 Å². The maximum Gasteiger partial charge on any atom is 0.260 e. The molecule has 0 spiro atoms. The molecular weight excluding hydrogens is 168 g/mol. The number of nitrogens with one attached hydrogen (secondary N) is 1. The highest BCUT2D eigenvalue weighted by Gasteiger charge is 2.50. The van der Waals surface area contributed by atoms with Gasteiger partial charge in [-0.15, -0.1) is 0 Å². The molecule has 0 atom stereocenters. The van der Waals surface area contributed by atoms with Gasteiger partial charge in [0.25, 0.3) is 5.91 Å². The molecule has 4 nitrogen and oxygen atoms in total. The van der Waals surface area contributed by atoms with Gasteiger partial charge in [0, 0.05) is 6.54 Å². The molecule has 1 fully saturated rings. The number of nitrogens with zero attached hydrogens (tertiary/aromatic N) is 1. The highest BCUT2D eigenvalue weighted by atomic mass is 16.2. The second-order valence-corrected chi connectivity index (χ2v) is 3.26. The van der Waals surface area contributed by atoms with Crippen molar-refractivity contribution in [2.24, 2.45) is 10.4 Å². The molecule has 0 aromatic carbocycles. The summed E-state index contributed by atoms with van der Waals surface area (Å²) in [5.41, 5.74) is -0.877. The summed E-state index contributed by atoms with van der Waals surface area (Å²) in [7, 11) is 0. The van der Waals surface area contributed by atoms with Crippen LogP contribution in [-0.2, 0) is 9.59 Å². The van der Waals surface area contributed by atoms with Gasteiger partial charge in [0.05, 0.1) is 0 Å². The molecule has 0 aliphatic heterocycles. The van der Waals surface area contributed by atoms with Crippen molar-refractivity contribution in [2.75, 3.05) is 6.54 Å². The van der Waals surface area contributed by atoms with Crippen LogP contribution in [-0.4, -0.2) is 25.1 Å². The van der Waals surface area contributed by atoms with Crippen LogP contribution < -0.4 is 5.32 Å². The fraction of sp³-hybridized carbons (Fsp3) is 0.667. The Labute approximate surface area is 77.4 Å². The summed E-state index contributed by atoms with van der Waals surface area (Å²) in [6, 6.07) is 0. The molecule has 1 aliphatic rings. The highest BCUT2D eigenvalue weighted by Crippen LogP contribution is 2.42. The molecule has 0 bridgehead atoms. The third-order valence-corrected chi connectivity index (χ3v) is 2.53. The summed E-state index contributed by atoms with van der Waals surface area (Å²) in [6.45, 7) is 5.55. The SMILES string of the molecule is C=NC(=O)C1(C(=O)NCC)CCC1. The van der Waals surface area contributed by atoms with E-state index in [1.807, 2.05) is 6.92 Å². The number of hydrogen-bond acceptors (Lipinski definition) is 2. The Morgan fingerprint density at radius 3 is 2.46 bits per heavy atom. The van der Waals surface area contributed by atoms with E-state index in [9.17, 15) is 9.59 Å². The smallest absolute Gasteiger partial charge is 0.260 e. The van der Waals surface area contributed by atoms with E-state index in [2.05, 4.69) is 17.0 Å². The van der Waals surface area contributed by atoms with E-state index in [-0.39, 0.29) is 11.8 Å². The van der Waals surface area contributed by atoms with Crippen molar-refractivity contribution >= 4 is 18.5 Å². The van der Waals surface area contributed by atoms with Gasteiger partial charge in [-0.1, -0.05) is 6.42 Å². The van der Waals surface area contributed by atoms with Crippen LogP contribution >= 0.6 is 0 Å². The van der Waals surface area contributed by atoms with E-state index >= 15 is 0 Å². The molecule has 4 heteroatoms. The summed E-state index contributed by atoms with van der Waals surface area (Å²) in [5, 5.41) is 2.66. The molecule has 1 saturated carbocycles. The van der Waals surface area contributed by atoms with Crippen molar-refractivity contribution in [2.45, 2.75) is 26.2 Å². The zero-order valence-electron chi connectivity index (χ0n) is 7.80. The number of carbonyl (C=O) groups is 2. The molecule has 0 unspecified atom stereocenters. The van der Waals surface area contributed by atoms with Crippen molar-refractivity contribution in [1.82, 2.24) is 5.32 Å². The fourth-order valence-corrected chi connectivity index (χ4v) is 1.55. The number of hydrogen-bond donors (Lipinski definition) is 1. The fourth-order valence-electron chi connectivity index (χ4n) is 1.55. The van der Waals surface area contributed by atoms with Gasteiger partial charge in [-0.2, -0.15) is 0 Å². The first-order valence-electron chi connectivity index (χ1n) is 4.47. The molecule has 0 aromatic rings. The van der Waals surface area contributed by atoms with Gasteiger partial charge >= 0.3 is 0 Å². The monoisotopic (exact) mass is 182 g/mol. The van der Waals surface area contributed by atoms with Crippen molar-refractivity contribution in [3.63, 3.8) is 0 Å². The van der Waals surface area contributed by atoms with Crippen molar-refractivity contribution < 1.29 is 9.59 Å². The molecular formula is C9H14N2O2. The van der Waals surface area contributed by atoms with Crippen LogP contribution in [0.15, 0.2) is 4.99 Å². The molecule has 0 saturated heterocycles. The molecule has 1 aliphatic carbocycles. The van der Waals surface area contributed by atoms with Crippen molar-refractivity contribution in [3.05, 3.63) is 0 Å². The number of aliphatic imine (C=N–C) groups is 1. The average Bonchev–Trinajstić information content (AvgIpc) is 2.02. The number of carbonyl (C=O) groups excluding carboxylic acids is 2. The standard InChI is InChI=1S/C9H14N2O2/c1-3-11-8(13)9(5-4-6-9)7(12)10-2/h2-6H2,1H3,(H,11,13). The molecule has 0 heterocycles. The first kappa shape index (κ1) is 9.89. The van der Waals surface area contributed by atoms with Crippen molar-refractivity contribution in [1.29, 1.82) is 0 Å². The summed E-state index contributed by atoms with van der Waals surface area (Å²) in [6.07, 6.45) is 2.13. The van der Waals surface area contributed by atoms with E-state index in [1.165, 1.54) is 0 Å². The van der Waals surface area contributed by atoms with E-state index in [4.69, 9.17) is 0 Å². The molecule has 0 radical (unpaired) electrons. The highest BCUT2D eigenvalue weighted by molar-refractivity contribution is 6.07. The second-order valence-electron chi connectivity index (χ2n) is 3.26. The Morgan fingerprint density at radius 1 is 1.54 bits per heavy atom. The van der Waals surface area contributed by atoms with Crippen LogP contribution in [0.5, 0.6) is 0 Å². The molecule has 72 valence electrons. The topological polar surface area (TPSA) is 58.5 Å². The Bertz CT molecular complexity index is 244. The first-order valence-corrected chi connectivity index (χ1v) is 4.47. The van der Waals surface area contributed by atoms with Gasteiger partial charge in [0.15, 0.2) is 0 Å². The maximum atomic E-state index is 11.5. The van der Waals surface area contributed by atoms with Gasteiger partial charge in [-0.3, -0.25) is 9.59 Å². The molecule has 0 aromatic heterocycles. The summed E-state index contributed by atoms with van der Waals surface area (Å²) in [4.78, 5) is 26.2. The van der Waals surface area contributed by atoms with E-state index in [0.717, 1.165) is 6.42 Å². The minimum atomic E-state index is -0.877. The number of rotatable bonds is 3. The number of amides is 2. The normalized spacial score (nSPS) is 18.5.